The summed E-state index contributed by atoms with van der Waals surface area (Å²) in [7, 11) is 0. The summed E-state index contributed by atoms with van der Waals surface area (Å²) < 4.78 is 0. The summed E-state index contributed by atoms with van der Waals surface area (Å²) in [5.74, 6) is -1.52. The van der Waals surface area contributed by atoms with Crippen molar-refractivity contribution in [2.75, 3.05) is 21.3 Å². The number of hydrogen-bond donors (Lipinski definition) is 4. The number of aryl methyl sites for hydroxylation is 8. The van der Waals surface area contributed by atoms with Gasteiger partial charge in [-0.15, -0.1) is 0 Å². The Labute approximate surface area is 397 Å². The molecule has 1 aliphatic rings. The summed E-state index contributed by atoms with van der Waals surface area (Å²) in [5.41, 5.74) is 16.1. The van der Waals surface area contributed by atoms with E-state index in [9.17, 15) is 19.2 Å². The van der Waals surface area contributed by atoms with E-state index in [1.54, 1.807) is 24.3 Å². The van der Waals surface area contributed by atoms with E-state index in [0.29, 0.717) is 89.5 Å². The van der Waals surface area contributed by atoms with Crippen LogP contribution in [0.4, 0.5) is 22.7 Å². The summed E-state index contributed by atoms with van der Waals surface area (Å²) in [6.07, 6.45) is 0. The predicted octanol–water partition coefficient (Wildman–Crippen LogP) is 14.1. The van der Waals surface area contributed by atoms with Gasteiger partial charge in [-0.05, 0) is 195 Å². The van der Waals surface area contributed by atoms with Crippen LogP contribution in [-0.2, 0) is 0 Å². The summed E-state index contributed by atoms with van der Waals surface area (Å²) >= 11 is 0. The molecule has 0 spiro atoms. The monoisotopic (exact) mass is 892 g/mol. The smallest absolute Gasteiger partial charge is 0.256 e. The van der Waals surface area contributed by atoms with Crippen LogP contribution in [0.2, 0.25) is 0 Å². The molecular weight excluding hydrogens is 841 g/mol. The largest absolute Gasteiger partial charge is 0.322 e. The molecule has 0 unspecified atom stereocenters. The number of amides is 4. The Hall–Kier alpha value is -8.36. The molecule has 0 aromatic heterocycles. The number of benzene rings is 8. The SMILES string of the molecule is Cc1cc(C)cc(NC(=O)c2cccc3c2-c2c(C(=O)Nc4cc(C)cc(C)c4)cccc2-c2cccc(C(=O)Nc4cc(C)cc(C)c4)c2-c2c(C(=O)Nc4cc(C)cc(C)c4)cccc2-3)c1. The topological polar surface area (TPSA) is 116 Å². The first-order valence-electron chi connectivity index (χ1n) is 22.7. The van der Waals surface area contributed by atoms with E-state index < -0.39 is 0 Å². The lowest BCUT2D eigenvalue weighted by molar-refractivity contribution is 0.101. The molecule has 9 rings (SSSR count). The molecule has 8 aromatic carbocycles. The van der Waals surface area contributed by atoms with Crippen molar-refractivity contribution in [3.8, 4) is 44.5 Å². The van der Waals surface area contributed by atoms with Crippen LogP contribution in [0, 0.1) is 55.4 Å². The second-order valence-electron chi connectivity index (χ2n) is 18.2. The summed E-state index contributed by atoms with van der Waals surface area (Å²) in [5, 5.41) is 12.7. The Bertz CT molecular complexity index is 2890. The van der Waals surface area contributed by atoms with Crippen molar-refractivity contribution in [1.29, 1.82) is 0 Å². The van der Waals surface area contributed by atoms with Gasteiger partial charge in [0.1, 0.15) is 0 Å². The first-order chi connectivity index (χ1) is 32.6. The van der Waals surface area contributed by atoms with Crippen LogP contribution in [0.25, 0.3) is 44.5 Å². The third-order valence-corrected chi connectivity index (χ3v) is 12.2. The zero-order valence-electron chi connectivity index (χ0n) is 39.5. The molecule has 0 saturated carbocycles. The Kier molecular flexibility index (Phi) is 12.0. The van der Waals surface area contributed by atoms with Crippen molar-refractivity contribution in [1.82, 2.24) is 0 Å². The molecule has 0 bridgehead atoms. The minimum Gasteiger partial charge on any atom is -0.322 e. The van der Waals surface area contributed by atoms with Crippen molar-refractivity contribution in [3.63, 3.8) is 0 Å². The number of carbonyl (C=O) groups is 4. The third-order valence-electron chi connectivity index (χ3n) is 12.2. The van der Waals surface area contributed by atoms with Crippen molar-refractivity contribution >= 4 is 46.4 Å². The van der Waals surface area contributed by atoms with Crippen LogP contribution in [0.1, 0.15) is 85.9 Å². The Morgan fingerprint density at radius 1 is 0.265 bits per heavy atom. The molecule has 4 N–H and O–H groups in total. The van der Waals surface area contributed by atoms with Crippen molar-refractivity contribution in [3.05, 3.63) is 212 Å². The number of carbonyl (C=O) groups excluding carboxylic acids is 4. The Morgan fingerprint density at radius 3 is 0.618 bits per heavy atom. The quantitative estimate of drug-likeness (QED) is 0.122. The molecular formula is C60H52N4O4. The van der Waals surface area contributed by atoms with E-state index in [1.165, 1.54) is 0 Å². The predicted molar refractivity (Wildman–Crippen MR) is 277 cm³/mol. The van der Waals surface area contributed by atoms with Gasteiger partial charge < -0.3 is 21.3 Å². The zero-order valence-corrected chi connectivity index (χ0v) is 39.5. The average molecular weight is 893 g/mol. The van der Waals surface area contributed by atoms with Crippen molar-refractivity contribution in [2.24, 2.45) is 0 Å². The third kappa shape index (κ3) is 8.96. The van der Waals surface area contributed by atoms with Gasteiger partial charge in [-0.1, -0.05) is 72.8 Å². The molecule has 1 aliphatic carbocycles. The van der Waals surface area contributed by atoms with Crippen molar-refractivity contribution < 1.29 is 19.2 Å². The molecule has 0 fully saturated rings. The minimum absolute atomic E-state index is 0.317. The highest BCUT2D eigenvalue weighted by Crippen LogP contribution is 2.52. The second kappa shape index (κ2) is 18.1. The van der Waals surface area contributed by atoms with Crippen LogP contribution in [-0.4, -0.2) is 23.6 Å². The summed E-state index contributed by atoms with van der Waals surface area (Å²) in [4.78, 5) is 60.0. The van der Waals surface area contributed by atoms with Gasteiger partial charge in [-0.2, -0.15) is 0 Å². The molecule has 0 heterocycles. The van der Waals surface area contributed by atoms with E-state index in [-0.39, 0.29) is 23.6 Å². The molecule has 8 aromatic rings. The minimum atomic E-state index is -0.380. The fourth-order valence-electron chi connectivity index (χ4n) is 9.92. The van der Waals surface area contributed by atoms with Gasteiger partial charge in [0.2, 0.25) is 0 Å². The first kappa shape index (κ1) is 44.8. The lowest BCUT2D eigenvalue weighted by Crippen LogP contribution is -2.20. The number of nitrogens with one attached hydrogen (secondary N) is 4. The molecule has 0 radical (unpaired) electrons. The van der Waals surface area contributed by atoms with Crippen LogP contribution >= 0.6 is 0 Å². The molecule has 8 heteroatoms. The number of anilines is 4. The van der Waals surface area contributed by atoms with Crippen LogP contribution in [0.15, 0.2) is 146 Å². The Morgan fingerprint density at radius 2 is 0.441 bits per heavy atom. The second-order valence-corrected chi connectivity index (χ2v) is 18.2. The van der Waals surface area contributed by atoms with Crippen LogP contribution < -0.4 is 21.3 Å². The van der Waals surface area contributed by atoms with E-state index >= 15 is 0 Å². The molecule has 68 heavy (non-hydrogen) atoms. The highest BCUT2D eigenvalue weighted by Gasteiger charge is 2.33. The maximum Gasteiger partial charge on any atom is 0.256 e. The fraction of sp³-hybridized carbons (Fsp3) is 0.133. The maximum atomic E-state index is 15.0. The summed E-state index contributed by atoms with van der Waals surface area (Å²) in [6.45, 7) is 15.9. The lowest BCUT2D eigenvalue weighted by atomic mass is 9.75. The fourth-order valence-corrected chi connectivity index (χ4v) is 9.92. The van der Waals surface area contributed by atoms with E-state index in [2.05, 4.69) is 21.3 Å². The van der Waals surface area contributed by atoms with E-state index in [1.807, 2.05) is 177 Å². The van der Waals surface area contributed by atoms with Gasteiger partial charge in [0.25, 0.3) is 23.6 Å². The van der Waals surface area contributed by atoms with Gasteiger partial charge >= 0.3 is 0 Å². The normalized spacial score (nSPS) is 11.2. The molecule has 336 valence electrons. The molecule has 8 nitrogen and oxygen atoms in total. The maximum absolute atomic E-state index is 15.0. The number of fused-ring (bicyclic) bond motifs is 8. The molecule has 0 saturated heterocycles. The standard InChI is InChI=1S/C60H52N4O4/c1-33-21-34(2)26-41(25-33)61-57(65)49-17-9-13-45-46-14-10-19-51(59(67)63-43-29-37(5)23-38(6)30-43)55(46)56-48(16-12-20-52(56)60(68)64-44-31-39(7)24-40(8)32-44)47-15-11-18-50(54(47)53(45)49)58(66)62-42-27-35(3)22-36(4)28-42/h9-32H,1-8H3,(H,61,65)(H,62,66)(H,63,67)(H,64,68). The van der Waals surface area contributed by atoms with Gasteiger partial charge in [0.05, 0.1) is 0 Å². The van der Waals surface area contributed by atoms with Crippen LogP contribution in [0.5, 0.6) is 0 Å². The average Bonchev–Trinajstić information content (AvgIpc) is 3.26. The highest BCUT2D eigenvalue weighted by molar-refractivity contribution is 6.23. The number of rotatable bonds is 8. The molecule has 4 amide bonds. The molecule has 0 aliphatic heterocycles. The summed E-state index contributed by atoms with van der Waals surface area (Å²) in [6, 6.07) is 45.6. The van der Waals surface area contributed by atoms with E-state index in [0.717, 1.165) is 44.5 Å². The lowest BCUT2D eigenvalue weighted by Gasteiger charge is -2.28. The first-order valence-corrected chi connectivity index (χ1v) is 22.7. The highest BCUT2D eigenvalue weighted by atomic mass is 16.2. The van der Waals surface area contributed by atoms with Gasteiger partial charge in [-0.3, -0.25) is 19.2 Å². The van der Waals surface area contributed by atoms with Gasteiger partial charge in [0, 0.05) is 67.3 Å². The van der Waals surface area contributed by atoms with Crippen molar-refractivity contribution in [2.45, 2.75) is 55.4 Å². The van der Waals surface area contributed by atoms with Gasteiger partial charge in [0.15, 0.2) is 0 Å². The van der Waals surface area contributed by atoms with E-state index in [4.69, 9.17) is 0 Å². The number of hydrogen-bond acceptors (Lipinski definition) is 4. The Balaban J connectivity index is 1.35. The van der Waals surface area contributed by atoms with Gasteiger partial charge in [-0.25, -0.2) is 0 Å². The zero-order chi connectivity index (χ0) is 48.0. The molecule has 0 atom stereocenters. The van der Waals surface area contributed by atoms with Crippen LogP contribution in [0.3, 0.4) is 0 Å².